The third-order valence-corrected chi connectivity index (χ3v) is 7.83. The number of para-hydroxylation sites is 1. The number of thiazole rings is 1. The van der Waals surface area contributed by atoms with E-state index >= 15 is 0 Å². The van der Waals surface area contributed by atoms with E-state index in [4.69, 9.17) is 16.3 Å². The molecular weight excluding hydrogens is 504 g/mol. The molecule has 1 aromatic heterocycles. The van der Waals surface area contributed by atoms with Crippen molar-refractivity contribution in [3.8, 4) is 11.5 Å². The van der Waals surface area contributed by atoms with Crippen LogP contribution in [-0.4, -0.2) is 13.0 Å². The average molecular weight is 523 g/mol. The summed E-state index contributed by atoms with van der Waals surface area (Å²) in [5.74, 6) is 0.866. The maximum Gasteiger partial charge on any atom is 0.308 e. The van der Waals surface area contributed by atoms with Gasteiger partial charge in [0.05, 0.1) is 27.3 Å². The largest absolute Gasteiger partial charge is 0.455 e. The molecule has 176 valence electrons. The standard InChI is InChI=1S/C26H19ClN2O4S2/c27-19-11-14-24(33-20-9-5-2-6-10-20)22(15-19)28-35(31,32)21-12-13-23-25(16-21)34-26(30)29(23)17-18-7-3-1-4-8-18/h1-16,28H,17H2. The van der Waals surface area contributed by atoms with Crippen molar-refractivity contribution in [1.82, 2.24) is 4.57 Å². The van der Waals surface area contributed by atoms with Gasteiger partial charge < -0.3 is 4.74 Å². The SMILES string of the molecule is O=c1sc2cc(S(=O)(=O)Nc3cc(Cl)ccc3Oc3ccccc3)ccc2n1Cc1ccccc1. The van der Waals surface area contributed by atoms with Crippen LogP contribution in [0.4, 0.5) is 5.69 Å². The molecule has 0 aliphatic heterocycles. The van der Waals surface area contributed by atoms with Crippen LogP contribution in [0.2, 0.25) is 5.02 Å². The topological polar surface area (TPSA) is 77.4 Å². The number of nitrogens with zero attached hydrogens (tertiary/aromatic N) is 1. The zero-order valence-electron chi connectivity index (χ0n) is 18.2. The smallest absolute Gasteiger partial charge is 0.308 e. The monoisotopic (exact) mass is 522 g/mol. The maximum atomic E-state index is 13.3. The average Bonchev–Trinajstić information content (AvgIpc) is 3.16. The van der Waals surface area contributed by atoms with E-state index in [2.05, 4.69) is 4.72 Å². The molecule has 5 aromatic rings. The van der Waals surface area contributed by atoms with Crippen molar-refractivity contribution in [2.75, 3.05) is 4.72 Å². The zero-order valence-corrected chi connectivity index (χ0v) is 20.6. The molecule has 0 radical (unpaired) electrons. The summed E-state index contributed by atoms with van der Waals surface area (Å²) in [6.45, 7) is 0.409. The Bertz CT molecular complexity index is 1660. The van der Waals surface area contributed by atoms with Crippen LogP contribution in [0.1, 0.15) is 5.56 Å². The van der Waals surface area contributed by atoms with Crippen molar-refractivity contribution in [3.63, 3.8) is 0 Å². The first-order chi connectivity index (χ1) is 16.9. The van der Waals surface area contributed by atoms with Crippen molar-refractivity contribution in [1.29, 1.82) is 0 Å². The molecule has 5 rings (SSSR count). The normalized spacial score (nSPS) is 11.5. The van der Waals surface area contributed by atoms with Gasteiger partial charge in [0.15, 0.2) is 5.75 Å². The highest BCUT2D eigenvalue weighted by molar-refractivity contribution is 7.92. The molecule has 0 aliphatic rings. The summed E-state index contributed by atoms with van der Waals surface area (Å²) >= 11 is 7.14. The fourth-order valence-corrected chi connectivity index (χ4v) is 5.88. The minimum atomic E-state index is -3.99. The number of hydrogen-bond acceptors (Lipinski definition) is 5. The molecule has 0 bridgehead atoms. The van der Waals surface area contributed by atoms with Gasteiger partial charge in [-0.15, -0.1) is 0 Å². The molecule has 1 N–H and O–H groups in total. The highest BCUT2D eigenvalue weighted by Crippen LogP contribution is 2.34. The number of hydrogen-bond donors (Lipinski definition) is 1. The van der Waals surface area contributed by atoms with Gasteiger partial charge in [-0.3, -0.25) is 14.1 Å². The van der Waals surface area contributed by atoms with Gasteiger partial charge in [0.25, 0.3) is 10.0 Å². The Morgan fingerprint density at radius 1 is 0.886 bits per heavy atom. The number of ether oxygens (including phenoxy) is 1. The number of benzene rings is 4. The summed E-state index contributed by atoms with van der Waals surface area (Å²) in [4.78, 5) is 12.5. The minimum absolute atomic E-state index is 0.0312. The van der Waals surface area contributed by atoms with E-state index in [-0.39, 0.29) is 15.5 Å². The molecule has 0 aliphatic carbocycles. The summed E-state index contributed by atoms with van der Waals surface area (Å²) in [6.07, 6.45) is 0. The number of fused-ring (bicyclic) bond motifs is 1. The molecule has 1 heterocycles. The Morgan fingerprint density at radius 3 is 2.34 bits per heavy atom. The maximum absolute atomic E-state index is 13.3. The number of sulfonamides is 1. The molecule has 4 aromatic carbocycles. The zero-order chi connectivity index (χ0) is 24.4. The van der Waals surface area contributed by atoms with E-state index < -0.39 is 10.0 Å². The molecule has 35 heavy (non-hydrogen) atoms. The van der Waals surface area contributed by atoms with Gasteiger partial charge in [-0.1, -0.05) is 71.5 Å². The van der Waals surface area contributed by atoms with Crippen LogP contribution in [0.5, 0.6) is 11.5 Å². The first-order valence-electron chi connectivity index (χ1n) is 10.6. The molecule has 0 fully saturated rings. The van der Waals surface area contributed by atoms with Gasteiger partial charge in [0.2, 0.25) is 0 Å². The third kappa shape index (κ3) is 5.09. The molecule has 0 saturated carbocycles. The van der Waals surface area contributed by atoms with Gasteiger partial charge in [0.1, 0.15) is 5.75 Å². The summed E-state index contributed by atoms with van der Waals surface area (Å²) in [7, 11) is -3.99. The van der Waals surface area contributed by atoms with Crippen molar-refractivity contribution in [2.24, 2.45) is 0 Å². The van der Waals surface area contributed by atoms with Crippen molar-refractivity contribution < 1.29 is 13.2 Å². The van der Waals surface area contributed by atoms with E-state index in [1.165, 1.54) is 18.2 Å². The van der Waals surface area contributed by atoms with E-state index in [9.17, 15) is 13.2 Å². The van der Waals surface area contributed by atoms with Crippen LogP contribution in [0, 0.1) is 0 Å². The van der Waals surface area contributed by atoms with Gasteiger partial charge in [-0.25, -0.2) is 8.42 Å². The minimum Gasteiger partial charge on any atom is -0.455 e. The van der Waals surface area contributed by atoms with Crippen molar-refractivity contribution in [2.45, 2.75) is 11.4 Å². The van der Waals surface area contributed by atoms with Gasteiger partial charge in [-0.05, 0) is 54.1 Å². The van der Waals surface area contributed by atoms with Crippen molar-refractivity contribution >= 4 is 48.9 Å². The second kappa shape index (κ2) is 9.58. The van der Waals surface area contributed by atoms with Crippen LogP contribution in [0.25, 0.3) is 10.2 Å². The number of halogens is 1. The molecule has 9 heteroatoms. The molecule has 0 saturated heterocycles. The molecule has 0 amide bonds. The Hall–Kier alpha value is -3.59. The fourth-order valence-electron chi connectivity index (χ4n) is 3.62. The molecule has 0 unspecified atom stereocenters. The lowest BCUT2D eigenvalue weighted by molar-refractivity contribution is 0.485. The number of aromatic nitrogens is 1. The Balaban J connectivity index is 1.46. The van der Waals surface area contributed by atoms with Crippen molar-refractivity contribution in [3.05, 3.63) is 117 Å². The third-order valence-electron chi connectivity index (χ3n) is 5.29. The number of nitrogens with one attached hydrogen (secondary N) is 1. The second-order valence-electron chi connectivity index (χ2n) is 7.73. The molecule has 0 spiro atoms. The highest BCUT2D eigenvalue weighted by Gasteiger charge is 2.20. The lowest BCUT2D eigenvalue weighted by Crippen LogP contribution is -2.14. The first-order valence-corrected chi connectivity index (χ1v) is 13.3. The van der Waals surface area contributed by atoms with Gasteiger partial charge >= 0.3 is 4.87 Å². The van der Waals surface area contributed by atoms with Crippen LogP contribution >= 0.6 is 22.9 Å². The Labute approximate surface area is 211 Å². The predicted molar refractivity (Wildman–Crippen MR) is 140 cm³/mol. The quantitative estimate of drug-likeness (QED) is 0.270. The second-order valence-corrected chi connectivity index (χ2v) is 10.8. The number of anilines is 1. The Kier molecular flexibility index (Phi) is 6.34. The molecular formula is C26H19ClN2O4S2. The number of rotatable bonds is 7. The predicted octanol–water partition coefficient (Wildman–Crippen LogP) is 6.36. The van der Waals surface area contributed by atoms with Crippen LogP contribution in [0.3, 0.4) is 0 Å². The highest BCUT2D eigenvalue weighted by atomic mass is 35.5. The fraction of sp³-hybridized carbons (Fsp3) is 0.0385. The summed E-state index contributed by atoms with van der Waals surface area (Å²) in [6, 6.07) is 28.0. The van der Waals surface area contributed by atoms with E-state index in [0.717, 1.165) is 16.9 Å². The Morgan fingerprint density at radius 2 is 1.60 bits per heavy atom. The van der Waals surface area contributed by atoms with Gasteiger partial charge in [0, 0.05) is 5.02 Å². The van der Waals surface area contributed by atoms with E-state index in [1.807, 2.05) is 48.5 Å². The van der Waals surface area contributed by atoms with Crippen LogP contribution < -0.4 is 14.3 Å². The van der Waals surface area contributed by atoms with Gasteiger partial charge in [-0.2, -0.15) is 0 Å². The van der Waals surface area contributed by atoms with Crippen LogP contribution in [-0.2, 0) is 16.6 Å². The lowest BCUT2D eigenvalue weighted by atomic mass is 10.2. The van der Waals surface area contributed by atoms with Crippen LogP contribution in [0.15, 0.2) is 107 Å². The lowest BCUT2D eigenvalue weighted by Gasteiger charge is -2.14. The molecule has 6 nitrogen and oxygen atoms in total. The summed E-state index contributed by atoms with van der Waals surface area (Å²) in [5, 5.41) is 0.356. The molecule has 0 atom stereocenters. The van der Waals surface area contributed by atoms with E-state index in [1.54, 1.807) is 34.9 Å². The summed E-state index contributed by atoms with van der Waals surface area (Å²) < 4.78 is 37.2. The van der Waals surface area contributed by atoms with E-state index in [0.29, 0.717) is 33.3 Å². The summed E-state index contributed by atoms with van der Waals surface area (Å²) in [5.41, 5.74) is 1.87. The first kappa shape index (κ1) is 23.2.